The molecule has 0 radical (unpaired) electrons. The number of benzene rings is 2. The Labute approximate surface area is 110 Å². The normalized spacial score (nSPS) is 10.2. The predicted octanol–water partition coefficient (Wildman–Crippen LogP) is 3.22. The number of nitrogens with zero attached hydrogens (tertiary/aromatic N) is 1. The number of phenols is 1. The topological polar surface area (TPSA) is 75.4 Å². The molecule has 0 spiro atoms. The molecule has 0 atom stereocenters. The maximum absolute atomic E-state index is 10.8. The van der Waals surface area contributed by atoms with Gasteiger partial charge in [-0.3, -0.25) is 10.1 Å². The van der Waals surface area contributed by atoms with E-state index in [4.69, 9.17) is 0 Å². The van der Waals surface area contributed by atoms with Gasteiger partial charge in [-0.15, -0.1) is 0 Å². The van der Waals surface area contributed by atoms with E-state index < -0.39 is 0 Å². The summed E-state index contributed by atoms with van der Waals surface area (Å²) in [5.74, 6) is 0.180. The molecule has 5 nitrogen and oxygen atoms in total. The monoisotopic (exact) mass is 258 g/mol. The third-order valence-electron chi connectivity index (χ3n) is 2.81. The molecule has 5 heteroatoms. The van der Waals surface area contributed by atoms with Crippen LogP contribution >= 0.6 is 0 Å². The fourth-order valence-corrected chi connectivity index (χ4v) is 1.78. The Balaban J connectivity index is 2.12. The van der Waals surface area contributed by atoms with Crippen LogP contribution in [0, 0.1) is 17.0 Å². The second kappa shape index (κ2) is 5.39. The molecule has 2 aromatic carbocycles. The van der Waals surface area contributed by atoms with Gasteiger partial charge in [0.15, 0.2) is 0 Å². The number of aromatic hydroxyl groups is 1. The molecule has 0 saturated heterocycles. The van der Waals surface area contributed by atoms with Gasteiger partial charge in [-0.2, -0.15) is 0 Å². The van der Waals surface area contributed by atoms with E-state index in [2.05, 4.69) is 5.32 Å². The van der Waals surface area contributed by atoms with Gasteiger partial charge in [0.25, 0.3) is 5.69 Å². The zero-order valence-corrected chi connectivity index (χ0v) is 10.5. The smallest absolute Gasteiger partial charge is 0.272 e. The minimum absolute atomic E-state index is 0.121. The van der Waals surface area contributed by atoms with Crippen molar-refractivity contribution in [1.29, 1.82) is 0 Å². The molecule has 0 aliphatic carbocycles. The summed E-state index contributed by atoms with van der Waals surface area (Å²) < 4.78 is 0. The van der Waals surface area contributed by atoms with Gasteiger partial charge >= 0.3 is 0 Å². The molecule has 2 rings (SSSR count). The van der Waals surface area contributed by atoms with Crippen LogP contribution < -0.4 is 5.32 Å². The summed E-state index contributed by atoms with van der Waals surface area (Å²) in [5, 5.41) is 23.3. The average molecular weight is 258 g/mol. The van der Waals surface area contributed by atoms with Crippen molar-refractivity contribution < 1.29 is 10.0 Å². The van der Waals surface area contributed by atoms with Crippen molar-refractivity contribution in [2.45, 2.75) is 13.5 Å². The van der Waals surface area contributed by atoms with Gasteiger partial charge in [-0.25, -0.2) is 0 Å². The average Bonchev–Trinajstić information content (AvgIpc) is 2.37. The maximum Gasteiger partial charge on any atom is 0.272 e. The van der Waals surface area contributed by atoms with Crippen molar-refractivity contribution in [1.82, 2.24) is 0 Å². The minimum Gasteiger partial charge on any atom is -0.508 e. The van der Waals surface area contributed by atoms with Crippen LogP contribution in [0.2, 0.25) is 0 Å². The molecule has 0 aromatic heterocycles. The summed E-state index contributed by atoms with van der Waals surface area (Å²) in [6.45, 7) is 2.18. The lowest BCUT2D eigenvalue weighted by atomic mass is 10.1. The number of hydrogen-bond donors (Lipinski definition) is 2. The van der Waals surface area contributed by atoms with E-state index in [0.29, 0.717) is 12.1 Å². The van der Waals surface area contributed by atoms with E-state index in [9.17, 15) is 15.2 Å². The molecule has 0 aliphatic heterocycles. The quantitative estimate of drug-likeness (QED) is 0.652. The van der Waals surface area contributed by atoms with Gasteiger partial charge in [0.2, 0.25) is 0 Å². The first-order chi connectivity index (χ1) is 9.06. The number of aryl methyl sites for hydroxylation is 1. The Hall–Kier alpha value is -2.56. The SMILES string of the molecule is Cc1ccc(CNc2cccc(O)c2)cc1[N+](=O)[O-]. The van der Waals surface area contributed by atoms with E-state index >= 15 is 0 Å². The van der Waals surface area contributed by atoms with Crippen LogP contribution in [0.5, 0.6) is 5.75 Å². The molecule has 0 saturated carbocycles. The Morgan fingerprint density at radius 2 is 2.05 bits per heavy atom. The van der Waals surface area contributed by atoms with Crippen LogP contribution in [0.25, 0.3) is 0 Å². The highest BCUT2D eigenvalue weighted by atomic mass is 16.6. The number of rotatable bonds is 4. The summed E-state index contributed by atoms with van der Waals surface area (Å²) in [6, 6.07) is 11.9. The van der Waals surface area contributed by atoms with Gasteiger partial charge in [-0.05, 0) is 24.6 Å². The van der Waals surface area contributed by atoms with E-state index in [-0.39, 0.29) is 16.4 Å². The Kier molecular flexibility index (Phi) is 3.66. The molecule has 19 heavy (non-hydrogen) atoms. The molecular formula is C14H14N2O3. The van der Waals surface area contributed by atoms with Crippen molar-refractivity contribution in [2.75, 3.05) is 5.32 Å². The zero-order valence-electron chi connectivity index (χ0n) is 10.5. The fraction of sp³-hybridized carbons (Fsp3) is 0.143. The minimum atomic E-state index is -0.382. The van der Waals surface area contributed by atoms with Crippen molar-refractivity contribution in [2.24, 2.45) is 0 Å². The van der Waals surface area contributed by atoms with Crippen molar-refractivity contribution >= 4 is 11.4 Å². The first kappa shape index (κ1) is 12.9. The van der Waals surface area contributed by atoms with Gasteiger partial charge in [-0.1, -0.05) is 18.2 Å². The Morgan fingerprint density at radius 3 is 2.74 bits per heavy atom. The van der Waals surface area contributed by atoms with E-state index in [1.165, 1.54) is 0 Å². The first-order valence-electron chi connectivity index (χ1n) is 5.83. The van der Waals surface area contributed by atoms with E-state index in [0.717, 1.165) is 11.3 Å². The summed E-state index contributed by atoms with van der Waals surface area (Å²) in [7, 11) is 0. The van der Waals surface area contributed by atoms with Crippen LogP contribution in [0.1, 0.15) is 11.1 Å². The second-order valence-electron chi connectivity index (χ2n) is 4.28. The maximum atomic E-state index is 10.8. The molecule has 2 aromatic rings. The van der Waals surface area contributed by atoms with E-state index in [1.54, 1.807) is 37.3 Å². The largest absolute Gasteiger partial charge is 0.508 e. The molecule has 0 unspecified atom stereocenters. The number of nitro benzene ring substituents is 1. The standard InChI is InChI=1S/C14H14N2O3/c1-10-5-6-11(7-14(10)16(18)19)9-15-12-3-2-4-13(17)8-12/h2-8,15,17H,9H2,1H3. The van der Waals surface area contributed by atoms with Crippen molar-refractivity contribution in [3.05, 3.63) is 63.7 Å². The van der Waals surface area contributed by atoms with Gasteiger partial charge in [0, 0.05) is 29.9 Å². The van der Waals surface area contributed by atoms with Gasteiger partial charge in [0.05, 0.1) is 4.92 Å². The third-order valence-corrected chi connectivity index (χ3v) is 2.81. The Morgan fingerprint density at radius 1 is 1.26 bits per heavy atom. The summed E-state index contributed by atoms with van der Waals surface area (Å²) in [6.07, 6.45) is 0. The molecular weight excluding hydrogens is 244 g/mol. The molecule has 2 N–H and O–H groups in total. The lowest BCUT2D eigenvalue weighted by molar-refractivity contribution is -0.385. The number of nitrogens with one attached hydrogen (secondary N) is 1. The molecule has 0 amide bonds. The summed E-state index contributed by atoms with van der Waals surface area (Å²) in [4.78, 5) is 10.5. The molecule has 0 heterocycles. The van der Waals surface area contributed by atoms with Crippen LogP contribution in [-0.4, -0.2) is 10.0 Å². The lowest BCUT2D eigenvalue weighted by Gasteiger charge is -2.07. The summed E-state index contributed by atoms with van der Waals surface area (Å²) in [5.41, 5.74) is 2.35. The lowest BCUT2D eigenvalue weighted by Crippen LogP contribution is -2.01. The highest BCUT2D eigenvalue weighted by molar-refractivity contribution is 5.49. The number of nitro groups is 1. The zero-order chi connectivity index (χ0) is 13.8. The van der Waals surface area contributed by atoms with Gasteiger partial charge < -0.3 is 10.4 Å². The molecule has 0 aliphatic rings. The molecule has 98 valence electrons. The Bertz CT molecular complexity index is 611. The van der Waals surface area contributed by atoms with Crippen LogP contribution in [-0.2, 0) is 6.54 Å². The fourth-order valence-electron chi connectivity index (χ4n) is 1.78. The van der Waals surface area contributed by atoms with Crippen LogP contribution in [0.3, 0.4) is 0 Å². The van der Waals surface area contributed by atoms with Crippen molar-refractivity contribution in [3.63, 3.8) is 0 Å². The molecule has 0 bridgehead atoms. The third kappa shape index (κ3) is 3.22. The van der Waals surface area contributed by atoms with Crippen LogP contribution in [0.15, 0.2) is 42.5 Å². The first-order valence-corrected chi connectivity index (χ1v) is 5.83. The number of phenolic OH excluding ortho intramolecular Hbond substituents is 1. The number of anilines is 1. The van der Waals surface area contributed by atoms with E-state index in [1.807, 2.05) is 12.1 Å². The number of hydrogen-bond acceptors (Lipinski definition) is 4. The second-order valence-corrected chi connectivity index (χ2v) is 4.28. The molecule has 0 fully saturated rings. The van der Waals surface area contributed by atoms with Crippen molar-refractivity contribution in [3.8, 4) is 5.75 Å². The summed E-state index contributed by atoms with van der Waals surface area (Å²) >= 11 is 0. The highest BCUT2D eigenvalue weighted by Crippen LogP contribution is 2.21. The van der Waals surface area contributed by atoms with Gasteiger partial charge in [0.1, 0.15) is 5.75 Å². The van der Waals surface area contributed by atoms with Crippen LogP contribution in [0.4, 0.5) is 11.4 Å². The highest BCUT2D eigenvalue weighted by Gasteiger charge is 2.10. The predicted molar refractivity (Wildman–Crippen MR) is 73.3 cm³/mol.